The maximum atomic E-state index is 13.1. The van der Waals surface area contributed by atoms with E-state index in [9.17, 15) is 14.7 Å². The summed E-state index contributed by atoms with van der Waals surface area (Å²) in [4.78, 5) is 36.3. The molecule has 3 aromatic rings. The lowest BCUT2D eigenvalue weighted by Crippen LogP contribution is -2.51. The highest BCUT2D eigenvalue weighted by Gasteiger charge is 2.34. The number of pyridine rings is 1. The van der Waals surface area contributed by atoms with E-state index in [-0.39, 0.29) is 18.4 Å². The molecule has 1 saturated heterocycles. The van der Waals surface area contributed by atoms with Crippen LogP contribution in [0.1, 0.15) is 27.7 Å². The molecule has 2 N–H and O–H groups in total. The molecule has 2 amide bonds. The molecule has 0 saturated carbocycles. The van der Waals surface area contributed by atoms with Crippen LogP contribution in [0.5, 0.6) is 0 Å². The van der Waals surface area contributed by atoms with Crippen LogP contribution in [0.25, 0.3) is 0 Å². The van der Waals surface area contributed by atoms with Crippen LogP contribution < -0.4 is 10.2 Å². The van der Waals surface area contributed by atoms with E-state index in [2.05, 4.69) is 27.8 Å². The molecule has 1 fully saturated rings. The van der Waals surface area contributed by atoms with Gasteiger partial charge in [0.25, 0.3) is 5.91 Å². The SMILES string of the molecule is O=C(Nc1cccc2c1C(O)N(CC(=O)N1CCN(c3ccncc3)CC1)C2)c1cc(Cl)ccc1S. The number of aromatic nitrogens is 1. The minimum absolute atomic E-state index is 0.0273. The maximum absolute atomic E-state index is 13.1. The molecule has 3 heterocycles. The van der Waals surface area contributed by atoms with Crippen LogP contribution in [0, 0.1) is 0 Å². The maximum Gasteiger partial charge on any atom is 0.256 e. The zero-order chi connectivity index (χ0) is 25.2. The van der Waals surface area contributed by atoms with E-state index in [0.29, 0.717) is 46.4 Å². The van der Waals surface area contributed by atoms with E-state index in [1.54, 1.807) is 41.6 Å². The van der Waals surface area contributed by atoms with E-state index < -0.39 is 6.23 Å². The molecule has 36 heavy (non-hydrogen) atoms. The number of amides is 2. The van der Waals surface area contributed by atoms with Crippen molar-refractivity contribution in [2.45, 2.75) is 17.7 Å². The Morgan fingerprint density at radius 2 is 1.83 bits per heavy atom. The van der Waals surface area contributed by atoms with Crippen molar-refractivity contribution in [3.63, 3.8) is 0 Å². The molecule has 0 aliphatic carbocycles. The quantitative estimate of drug-likeness (QED) is 0.444. The molecule has 8 nitrogen and oxygen atoms in total. The van der Waals surface area contributed by atoms with E-state index in [1.807, 2.05) is 29.2 Å². The Bertz CT molecular complexity index is 1280. The summed E-state index contributed by atoms with van der Waals surface area (Å²) < 4.78 is 0. The van der Waals surface area contributed by atoms with Gasteiger partial charge in [0.1, 0.15) is 6.23 Å². The van der Waals surface area contributed by atoms with Gasteiger partial charge >= 0.3 is 0 Å². The number of benzene rings is 2. The lowest BCUT2D eigenvalue weighted by Gasteiger charge is -2.37. The third kappa shape index (κ3) is 5.05. The van der Waals surface area contributed by atoms with Gasteiger partial charge in [-0.3, -0.25) is 19.5 Å². The number of halogens is 1. The fraction of sp³-hybridized carbons (Fsp3) is 0.269. The third-order valence-corrected chi connectivity index (χ3v) is 7.25. The van der Waals surface area contributed by atoms with Crippen LogP contribution in [-0.2, 0) is 11.3 Å². The Morgan fingerprint density at radius 3 is 2.58 bits per heavy atom. The van der Waals surface area contributed by atoms with E-state index in [4.69, 9.17) is 11.6 Å². The largest absolute Gasteiger partial charge is 0.374 e. The Labute approximate surface area is 219 Å². The van der Waals surface area contributed by atoms with Crippen molar-refractivity contribution in [1.29, 1.82) is 0 Å². The number of nitrogens with zero attached hydrogens (tertiary/aromatic N) is 4. The zero-order valence-corrected chi connectivity index (χ0v) is 21.1. The Balaban J connectivity index is 1.23. The number of nitrogens with one attached hydrogen (secondary N) is 1. The first kappa shape index (κ1) is 24.6. The van der Waals surface area contributed by atoms with Gasteiger partial charge in [0.15, 0.2) is 0 Å². The van der Waals surface area contributed by atoms with E-state index >= 15 is 0 Å². The number of rotatable bonds is 5. The third-order valence-electron chi connectivity index (χ3n) is 6.62. The van der Waals surface area contributed by atoms with Crippen LogP contribution in [0.2, 0.25) is 5.02 Å². The molecule has 2 aliphatic heterocycles. The van der Waals surface area contributed by atoms with Crippen molar-refractivity contribution >= 4 is 47.4 Å². The van der Waals surface area contributed by atoms with Crippen LogP contribution in [-0.4, -0.2) is 64.4 Å². The van der Waals surface area contributed by atoms with Gasteiger partial charge < -0.3 is 20.2 Å². The lowest BCUT2D eigenvalue weighted by atomic mass is 10.1. The van der Waals surface area contributed by atoms with Crippen molar-refractivity contribution in [2.24, 2.45) is 0 Å². The second-order valence-corrected chi connectivity index (χ2v) is 9.76. The summed E-state index contributed by atoms with van der Waals surface area (Å²) in [5, 5.41) is 14.4. The first-order valence-electron chi connectivity index (χ1n) is 11.7. The van der Waals surface area contributed by atoms with Gasteiger partial charge in [-0.15, -0.1) is 12.6 Å². The number of piperazine rings is 1. The van der Waals surface area contributed by atoms with Crippen molar-refractivity contribution in [3.05, 3.63) is 82.6 Å². The van der Waals surface area contributed by atoms with Crippen LogP contribution >= 0.6 is 24.2 Å². The monoisotopic (exact) mass is 523 g/mol. The molecular weight excluding hydrogens is 498 g/mol. The fourth-order valence-corrected chi connectivity index (χ4v) is 5.13. The zero-order valence-electron chi connectivity index (χ0n) is 19.5. The minimum atomic E-state index is -1.01. The summed E-state index contributed by atoms with van der Waals surface area (Å²) in [5.74, 6) is -0.398. The number of anilines is 2. The second kappa shape index (κ2) is 10.5. The van der Waals surface area contributed by atoms with Crippen LogP contribution in [0.4, 0.5) is 11.4 Å². The molecule has 1 atom stereocenters. The fourth-order valence-electron chi connectivity index (χ4n) is 4.72. The highest BCUT2D eigenvalue weighted by molar-refractivity contribution is 7.80. The molecule has 5 rings (SSSR count). The Morgan fingerprint density at radius 1 is 1.08 bits per heavy atom. The molecule has 2 aliphatic rings. The summed E-state index contributed by atoms with van der Waals surface area (Å²) in [6, 6.07) is 14.3. The molecule has 2 aromatic carbocycles. The minimum Gasteiger partial charge on any atom is -0.374 e. The molecule has 0 spiro atoms. The summed E-state index contributed by atoms with van der Waals surface area (Å²) in [6.07, 6.45) is 2.53. The molecule has 0 bridgehead atoms. The van der Waals surface area contributed by atoms with Crippen molar-refractivity contribution in [1.82, 2.24) is 14.8 Å². The highest BCUT2D eigenvalue weighted by atomic mass is 35.5. The van der Waals surface area contributed by atoms with Gasteiger partial charge in [-0.1, -0.05) is 23.7 Å². The number of carbonyl (C=O) groups excluding carboxylic acids is 2. The number of aliphatic hydroxyl groups excluding tert-OH is 1. The summed E-state index contributed by atoms with van der Waals surface area (Å²) in [6.45, 7) is 3.22. The summed E-state index contributed by atoms with van der Waals surface area (Å²) >= 11 is 10.4. The van der Waals surface area contributed by atoms with Crippen molar-refractivity contribution in [3.8, 4) is 0 Å². The van der Waals surface area contributed by atoms with Gasteiger partial charge in [-0.05, 0) is 42.0 Å². The molecule has 186 valence electrons. The smallest absolute Gasteiger partial charge is 0.256 e. The van der Waals surface area contributed by atoms with Gasteiger partial charge in [0.2, 0.25) is 5.91 Å². The predicted molar refractivity (Wildman–Crippen MR) is 141 cm³/mol. The lowest BCUT2D eigenvalue weighted by molar-refractivity contribution is -0.135. The Hall–Kier alpha value is -3.11. The molecule has 1 unspecified atom stereocenters. The average molecular weight is 524 g/mol. The first-order chi connectivity index (χ1) is 17.4. The number of aliphatic hydroxyl groups is 1. The second-order valence-electron chi connectivity index (χ2n) is 8.85. The predicted octanol–water partition coefficient (Wildman–Crippen LogP) is 3.43. The molecule has 0 radical (unpaired) electrons. The summed E-state index contributed by atoms with van der Waals surface area (Å²) in [5.41, 5.74) is 3.41. The highest BCUT2D eigenvalue weighted by Crippen LogP contribution is 2.37. The number of thiol groups is 1. The Kier molecular flexibility index (Phi) is 7.15. The number of fused-ring (bicyclic) bond motifs is 1. The van der Waals surface area contributed by atoms with Crippen LogP contribution in [0.15, 0.2) is 65.8 Å². The molecule has 1 aromatic heterocycles. The van der Waals surface area contributed by atoms with Crippen molar-refractivity contribution in [2.75, 3.05) is 42.9 Å². The topological polar surface area (TPSA) is 89.0 Å². The average Bonchev–Trinajstić information content (AvgIpc) is 3.21. The standard InChI is InChI=1S/C26H26ClN5O3S/c27-18-4-5-22(36)20(14-18)25(34)29-21-3-1-2-17-15-32(26(35)24(17)21)16-23(33)31-12-10-30(11-13-31)19-6-8-28-9-7-19/h1-9,14,26,35-36H,10-13,15-16H2,(H,29,34). The number of hydrogen-bond donors (Lipinski definition) is 3. The van der Waals surface area contributed by atoms with Gasteiger partial charge in [0.05, 0.1) is 12.1 Å². The number of hydrogen-bond acceptors (Lipinski definition) is 7. The van der Waals surface area contributed by atoms with Gasteiger partial charge in [-0.2, -0.15) is 0 Å². The molecular formula is C26H26ClN5O3S. The normalized spacial score (nSPS) is 17.7. The van der Waals surface area contributed by atoms with E-state index in [0.717, 1.165) is 24.3 Å². The van der Waals surface area contributed by atoms with Crippen LogP contribution in [0.3, 0.4) is 0 Å². The van der Waals surface area contributed by atoms with Gasteiger partial charge in [0, 0.05) is 72.0 Å². The van der Waals surface area contributed by atoms with Crippen molar-refractivity contribution < 1.29 is 14.7 Å². The first-order valence-corrected chi connectivity index (χ1v) is 12.5. The summed E-state index contributed by atoms with van der Waals surface area (Å²) in [7, 11) is 0. The number of carbonyl (C=O) groups is 2. The van der Waals surface area contributed by atoms with Gasteiger partial charge in [-0.25, -0.2) is 0 Å². The molecule has 10 heteroatoms. The van der Waals surface area contributed by atoms with E-state index in [1.165, 1.54) is 0 Å².